The van der Waals surface area contributed by atoms with E-state index in [-0.39, 0.29) is 5.56 Å². The average Bonchev–Trinajstić information content (AvgIpc) is 2.17. The van der Waals surface area contributed by atoms with Crippen LogP contribution in [0.4, 0.5) is 0 Å². The molecule has 0 unspecified atom stereocenters. The molecule has 0 saturated carbocycles. The van der Waals surface area contributed by atoms with Gasteiger partial charge < -0.3 is 4.74 Å². The third-order valence-corrected chi connectivity index (χ3v) is 2.49. The van der Waals surface area contributed by atoms with Gasteiger partial charge in [0.25, 0.3) is 10.1 Å². The van der Waals surface area contributed by atoms with Crippen LogP contribution in [0.3, 0.4) is 0 Å². The van der Waals surface area contributed by atoms with Gasteiger partial charge in [0, 0.05) is 0 Å². The van der Waals surface area contributed by atoms with Crippen molar-refractivity contribution in [1.82, 2.24) is 0 Å². The summed E-state index contributed by atoms with van der Waals surface area (Å²) >= 11 is 0. The second kappa shape index (κ2) is 4.24. The summed E-state index contributed by atoms with van der Waals surface area (Å²) < 4.78 is 35.0. The lowest BCUT2D eigenvalue weighted by molar-refractivity contribution is 0.0659. The van der Waals surface area contributed by atoms with E-state index in [9.17, 15) is 13.2 Å². The molecule has 15 heavy (non-hydrogen) atoms. The first-order chi connectivity index (χ1) is 6.96. The van der Waals surface area contributed by atoms with Gasteiger partial charge in [0.2, 0.25) is 0 Å². The fourth-order valence-corrected chi connectivity index (χ4v) is 1.68. The Morgan fingerprint density at radius 2 is 2.00 bits per heavy atom. The Kier molecular flexibility index (Phi) is 3.23. The van der Waals surface area contributed by atoms with Crippen LogP contribution in [0, 0.1) is 0 Å². The SMILES string of the molecule is C=COC(=O)c1ccccc1S(=O)(=O)O. The largest absolute Gasteiger partial charge is 0.431 e. The van der Waals surface area contributed by atoms with Crippen molar-refractivity contribution < 1.29 is 22.5 Å². The molecule has 0 bridgehead atoms. The molecule has 0 aliphatic heterocycles. The van der Waals surface area contributed by atoms with Crippen LogP contribution < -0.4 is 0 Å². The molecule has 0 atom stereocenters. The Bertz CT molecular complexity index is 489. The van der Waals surface area contributed by atoms with Gasteiger partial charge in [-0.2, -0.15) is 8.42 Å². The van der Waals surface area contributed by atoms with Gasteiger partial charge in [-0.15, -0.1) is 0 Å². The van der Waals surface area contributed by atoms with Crippen LogP contribution in [-0.4, -0.2) is 18.9 Å². The third-order valence-electron chi connectivity index (χ3n) is 1.58. The van der Waals surface area contributed by atoms with Crippen LogP contribution in [0.1, 0.15) is 10.4 Å². The van der Waals surface area contributed by atoms with Crippen LogP contribution in [0.25, 0.3) is 0 Å². The molecule has 0 heterocycles. The molecule has 0 aromatic heterocycles. The van der Waals surface area contributed by atoms with E-state index in [0.717, 1.165) is 12.3 Å². The number of rotatable bonds is 3. The number of carbonyl (C=O) groups excluding carboxylic acids is 1. The first-order valence-electron chi connectivity index (χ1n) is 3.85. The highest BCUT2D eigenvalue weighted by molar-refractivity contribution is 7.86. The van der Waals surface area contributed by atoms with Gasteiger partial charge >= 0.3 is 5.97 Å². The molecule has 1 rings (SSSR count). The number of ether oxygens (including phenoxy) is 1. The highest BCUT2D eigenvalue weighted by atomic mass is 32.2. The van der Waals surface area contributed by atoms with Crippen molar-refractivity contribution in [2.24, 2.45) is 0 Å². The number of hydrogen-bond donors (Lipinski definition) is 1. The second-order valence-electron chi connectivity index (χ2n) is 2.54. The van der Waals surface area contributed by atoms with Crippen molar-refractivity contribution in [3.63, 3.8) is 0 Å². The first kappa shape index (κ1) is 11.4. The summed E-state index contributed by atoms with van der Waals surface area (Å²) in [7, 11) is -4.43. The minimum absolute atomic E-state index is 0.236. The van der Waals surface area contributed by atoms with Crippen molar-refractivity contribution >= 4 is 16.1 Å². The minimum atomic E-state index is -4.43. The zero-order chi connectivity index (χ0) is 11.5. The molecule has 0 aliphatic carbocycles. The predicted molar refractivity (Wildman–Crippen MR) is 51.9 cm³/mol. The van der Waals surface area contributed by atoms with Gasteiger partial charge in [0.15, 0.2) is 0 Å². The highest BCUT2D eigenvalue weighted by Crippen LogP contribution is 2.15. The lowest BCUT2D eigenvalue weighted by Gasteiger charge is -2.03. The lowest BCUT2D eigenvalue weighted by Crippen LogP contribution is -2.09. The van der Waals surface area contributed by atoms with Crippen LogP contribution >= 0.6 is 0 Å². The molecule has 0 aliphatic rings. The molecular weight excluding hydrogens is 220 g/mol. The number of hydrogen-bond acceptors (Lipinski definition) is 4. The second-order valence-corrected chi connectivity index (χ2v) is 3.93. The van der Waals surface area contributed by atoms with E-state index in [1.807, 2.05) is 0 Å². The Balaban J connectivity index is 3.30. The molecule has 0 spiro atoms. The van der Waals surface area contributed by atoms with Gasteiger partial charge in [-0.05, 0) is 12.1 Å². The molecule has 0 fully saturated rings. The van der Waals surface area contributed by atoms with Crippen molar-refractivity contribution in [3.8, 4) is 0 Å². The maximum absolute atomic E-state index is 11.2. The minimum Gasteiger partial charge on any atom is -0.431 e. The van der Waals surface area contributed by atoms with E-state index in [2.05, 4.69) is 11.3 Å². The molecular formula is C9H8O5S. The molecule has 0 radical (unpaired) electrons. The van der Waals surface area contributed by atoms with E-state index >= 15 is 0 Å². The highest BCUT2D eigenvalue weighted by Gasteiger charge is 2.20. The number of esters is 1. The monoisotopic (exact) mass is 228 g/mol. The van der Waals surface area contributed by atoms with Gasteiger partial charge in [0.1, 0.15) is 4.90 Å². The van der Waals surface area contributed by atoms with Crippen molar-refractivity contribution in [1.29, 1.82) is 0 Å². The quantitative estimate of drug-likeness (QED) is 0.478. The summed E-state index contributed by atoms with van der Waals surface area (Å²) in [6.07, 6.45) is 0.878. The van der Waals surface area contributed by atoms with Gasteiger partial charge in [-0.25, -0.2) is 4.79 Å². The Morgan fingerprint density at radius 3 is 2.53 bits per heavy atom. The van der Waals surface area contributed by atoms with E-state index in [0.29, 0.717) is 0 Å². The molecule has 0 amide bonds. The first-order valence-corrected chi connectivity index (χ1v) is 5.29. The van der Waals surface area contributed by atoms with Crippen LogP contribution in [0.2, 0.25) is 0 Å². The molecule has 0 saturated heterocycles. The summed E-state index contributed by atoms with van der Waals surface area (Å²) in [6.45, 7) is 3.16. The van der Waals surface area contributed by atoms with Crippen LogP contribution in [0.15, 0.2) is 42.0 Å². The molecule has 6 heteroatoms. The Hall–Kier alpha value is -1.66. The maximum Gasteiger partial charge on any atom is 0.344 e. The van der Waals surface area contributed by atoms with Crippen molar-refractivity contribution in [2.75, 3.05) is 0 Å². The van der Waals surface area contributed by atoms with E-state index in [1.54, 1.807) is 0 Å². The summed E-state index contributed by atoms with van der Waals surface area (Å²) in [4.78, 5) is 10.8. The topological polar surface area (TPSA) is 80.7 Å². The fourth-order valence-electron chi connectivity index (χ4n) is 0.999. The molecule has 1 aromatic rings. The summed E-state index contributed by atoms with van der Waals surface area (Å²) in [5.74, 6) is -0.891. The lowest BCUT2D eigenvalue weighted by atomic mass is 10.2. The maximum atomic E-state index is 11.2. The smallest absolute Gasteiger partial charge is 0.344 e. The third kappa shape index (κ3) is 2.64. The summed E-state index contributed by atoms with van der Waals surface area (Å²) in [5.41, 5.74) is -0.236. The summed E-state index contributed by atoms with van der Waals surface area (Å²) in [6, 6.07) is 5.17. The van der Waals surface area contributed by atoms with Crippen LogP contribution in [0.5, 0.6) is 0 Å². The van der Waals surface area contributed by atoms with Gasteiger partial charge in [0.05, 0.1) is 11.8 Å². The normalized spacial score (nSPS) is 10.7. The van der Waals surface area contributed by atoms with E-state index in [4.69, 9.17) is 4.55 Å². The summed E-state index contributed by atoms with van der Waals surface area (Å²) in [5, 5.41) is 0. The average molecular weight is 228 g/mol. The van der Waals surface area contributed by atoms with Crippen molar-refractivity contribution in [2.45, 2.75) is 4.90 Å². The van der Waals surface area contributed by atoms with Crippen LogP contribution in [-0.2, 0) is 14.9 Å². The fraction of sp³-hybridized carbons (Fsp3) is 0. The molecule has 1 aromatic carbocycles. The molecule has 80 valence electrons. The van der Waals surface area contributed by atoms with Gasteiger partial charge in [-0.1, -0.05) is 18.7 Å². The van der Waals surface area contributed by atoms with E-state index < -0.39 is 21.0 Å². The molecule has 1 N–H and O–H groups in total. The van der Waals surface area contributed by atoms with Crippen molar-refractivity contribution in [3.05, 3.63) is 42.7 Å². The zero-order valence-corrected chi connectivity index (χ0v) is 8.40. The van der Waals surface area contributed by atoms with E-state index in [1.165, 1.54) is 18.2 Å². The zero-order valence-electron chi connectivity index (χ0n) is 7.58. The standard InChI is InChI=1S/C9H8O5S/c1-2-14-9(10)7-5-3-4-6-8(7)15(11,12)13/h2-6H,1H2,(H,11,12,13). The van der Waals surface area contributed by atoms with Gasteiger partial charge in [-0.3, -0.25) is 4.55 Å². The Morgan fingerprint density at radius 1 is 1.40 bits per heavy atom. The predicted octanol–water partition coefficient (Wildman–Crippen LogP) is 1.23. The Labute approximate surface area is 86.7 Å². The number of benzene rings is 1. The number of carbonyl (C=O) groups is 1. The molecule has 5 nitrogen and oxygen atoms in total.